The van der Waals surface area contributed by atoms with E-state index in [9.17, 15) is 4.39 Å². The molecule has 0 unspecified atom stereocenters. The van der Waals surface area contributed by atoms with E-state index in [0.717, 1.165) is 28.2 Å². The molecule has 27 heavy (non-hydrogen) atoms. The molecule has 142 valence electrons. The molecule has 0 saturated heterocycles. The molecular formula is C20H24FN4OS+. The number of halogens is 1. The van der Waals surface area contributed by atoms with Crippen molar-refractivity contribution in [3.63, 3.8) is 0 Å². The van der Waals surface area contributed by atoms with Gasteiger partial charge in [0.2, 0.25) is 0 Å². The predicted octanol–water partition coefficient (Wildman–Crippen LogP) is 2.78. The van der Waals surface area contributed by atoms with Crippen LogP contribution in [-0.2, 0) is 0 Å². The van der Waals surface area contributed by atoms with Crippen LogP contribution in [0, 0.1) is 5.82 Å². The lowest BCUT2D eigenvalue weighted by atomic mass is 10.2. The van der Waals surface area contributed by atoms with Crippen LogP contribution < -0.4 is 9.64 Å². The third-order valence-corrected chi connectivity index (χ3v) is 5.22. The Bertz CT molecular complexity index is 852. The minimum absolute atomic E-state index is 0.150. The van der Waals surface area contributed by atoms with Gasteiger partial charge in [-0.05, 0) is 43.3 Å². The maximum Gasteiger partial charge on any atom is 0.196 e. The van der Waals surface area contributed by atoms with E-state index in [1.807, 2.05) is 34.9 Å². The van der Waals surface area contributed by atoms with Gasteiger partial charge in [-0.2, -0.15) is 0 Å². The zero-order chi connectivity index (χ0) is 19.2. The van der Waals surface area contributed by atoms with Gasteiger partial charge in [0.15, 0.2) is 11.0 Å². The van der Waals surface area contributed by atoms with Crippen LogP contribution in [0.1, 0.15) is 18.8 Å². The first kappa shape index (κ1) is 19.4. The van der Waals surface area contributed by atoms with Crippen LogP contribution in [0.2, 0.25) is 0 Å². The Labute approximate surface area is 163 Å². The summed E-state index contributed by atoms with van der Waals surface area (Å²) in [6, 6.07) is 16.3. The fraction of sp³-hybridized carbons (Fsp3) is 0.300. The minimum Gasteiger partial charge on any atom is -0.493 e. The molecule has 0 bridgehead atoms. The van der Waals surface area contributed by atoms with Gasteiger partial charge in [-0.1, -0.05) is 30.0 Å². The van der Waals surface area contributed by atoms with Crippen LogP contribution in [0.15, 0.2) is 59.8 Å². The number of ether oxygens (including phenoxy) is 1. The number of hydrogen-bond acceptors (Lipinski definition) is 4. The monoisotopic (exact) mass is 387 g/mol. The van der Waals surface area contributed by atoms with Gasteiger partial charge < -0.3 is 9.64 Å². The number of benzene rings is 2. The van der Waals surface area contributed by atoms with E-state index in [-0.39, 0.29) is 11.9 Å². The van der Waals surface area contributed by atoms with E-state index in [4.69, 9.17) is 4.74 Å². The van der Waals surface area contributed by atoms with Gasteiger partial charge in [-0.25, -0.2) is 4.39 Å². The Kier molecular flexibility index (Phi) is 6.47. The molecule has 0 aliphatic rings. The Morgan fingerprint density at radius 2 is 1.78 bits per heavy atom. The number of hydrogen-bond donors (Lipinski definition) is 1. The molecule has 0 fully saturated rings. The molecule has 0 radical (unpaired) electrons. The first-order chi connectivity index (χ1) is 13.1. The van der Waals surface area contributed by atoms with Crippen molar-refractivity contribution in [2.75, 3.05) is 26.5 Å². The highest BCUT2D eigenvalue weighted by atomic mass is 32.2. The molecule has 7 heteroatoms. The second-order valence-corrected chi connectivity index (χ2v) is 7.52. The molecule has 1 N–H and O–H groups in total. The molecule has 0 spiro atoms. The van der Waals surface area contributed by atoms with E-state index in [0.29, 0.717) is 6.61 Å². The number of thioether (sulfide) groups is 1. The molecule has 1 atom stereocenters. The van der Waals surface area contributed by atoms with Gasteiger partial charge in [0.05, 0.1) is 20.7 Å². The average molecular weight is 388 g/mol. The molecule has 5 nitrogen and oxygen atoms in total. The summed E-state index contributed by atoms with van der Waals surface area (Å²) in [5, 5.41) is 9.57. The van der Waals surface area contributed by atoms with Gasteiger partial charge >= 0.3 is 0 Å². The molecule has 0 aliphatic carbocycles. The lowest BCUT2D eigenvalue weighted by Gasteiger charge is -2.18. The molecule has 3 rings (SSSR count). The summed E-state index contributed by atoms with van der Waals surface area (Å²) in [7, 11) is 4.16. The highest BCUT2D eigenvalue weighted by molar-refractivity contribution is 7.99. The summed E-state index contributed by atoms with van der Waals surface area (Å²) in [6.45, 7) is 2.67. The summed E-state index contributed by atoms with van der Waals surface area (Å²) in [6.07, 6.45) is 0. The highest BCUT2D eigenvalue weighted by Crippen LogP contribution is 2.24. The lowest BCUT2D eigenvalue weighted by molar-refractivity contribution is -0.890. The summed E-state index contributed by atoms with van der Waals surface area (Å²) in [4.78, 5) is 1.25. The number of aromatic nitrogens is 3. The summed E-state index contributed by atoms with van der Waals surface area (Å²) in [5.74, 6) is 2.18. The smallest absolute Gasteiger partial charge is 0.196 e. The lowest BCUT2D eigenvalue weighted by Crippen LogP contribution is -3.05. The normalized spacial score (nSPS) is 12.3. The molecule has 0 amide bonds. The molecule has 2 aromatic carbocycles. The van der Waals surface area contributed by atoms with Crippen LogP contribution in [0.25, 0.3) is 5.69 Å². The van der Waals surface area contributed by atoms with Crippen molar-refractivity contribution >= 4 is 11.8 Å². The van der Waals surface area contributed by atoms with E-state index in [2.05, 4.69) is 31.2 Å². The summed E-state index contributed by atoms with van der Waals surface area (Å²) in [5.41, 5.74) is 0.857. The maximum absolute atomic E-state index is 13.4. The van der Waals surface area contributed by atoms with Crippen LogP contribution >= 0.6 is 11.8 Å². The van der Waals surface area contributed by atoms with Crippen LogP contribution in [0.4, 0.5) is 4.39 Å². The van der Waals surface area contributed by atoms with E-state index in [1.165, 1.54) is 17.0 Å². The quantitative estimate of drug-likeness (QED) is 0.477. The summed E-state index contributed by atoms with van der Waals surface area (Å²) < 4.78 is 21.1. The van der Waals surface area contributed by atoms with Crippen molar-refractivity contribution in [1.82, 2.24) is 14.8 Å². The van der Waals surface area contributed by atoms with E-state index in [1.54, 1.807) is 23.9 Å². The molecular weight excluding hydrogens is 363 g/mol. The van der Waals surface area contributed by atoms with Crippen molar-refractivity contribution in [3.8, 4) is 11.4 Å². The molecule has 1 aromatic heterocycles. The van der Waals surface area contributed by atoms with Crippen molar-refractivity contribution in [2.24, 2.45) is 0 Å². The Hall–Kier alpha value is -2.38. The maximum atomic E-state index is 13.4. The van der Waals surface area contributed by atoms with E-state index < -0.39 is 0 Å². The summed E-state index contributed by atoms with van der Waals surface area (Å²) >= 11 is 1.58. The number of nitrogens with one attached hydrogen (secondary N) is 1. The number of para-hydroxylation sites is 1. The largest absolute Gasteiger partial charge is 0.493 e. The fourth-order valence-electron chi connectivity index (χ4n) is 2.56. The third-order valence-electron chi connectivity index (χ3n) is 4.32. The Morgan fingerprint density at radius 3 is 2.44 bits per heavy atom. The van der Waals surface area contributed by atoms with Crippen LogP contribution in [-0.4, -0.2) is 41.2 Å². The fourth-order valence-corrected chi connectivity index (χ4v) is 3.33. The van der Waals surface area contributed by atoms with Gasteiger partial charge in [0.25, 0.3) is 0 Å². The topological polar surface area (TPSA) is 44.4 Å². The van der Waals surface area contributed by atoms with E-state index >= 15 is 0 Å². The molecule has 1 heterocycles. The zero-order valence-electron chi connectivity index (χ0n) is 15.7. The molecule has 0 saturated carbocycles. The zero-order valence-corrected chi connectivity index (χ0v) is 16.5. The molecule has 3 aromatic rings. The average Bonchev–Trinajstić information content (AvgIpc) is 3.09. The Morgan fingerprint density at radius 1 is 1.07 bits per heavy atom. The van der Waals surface area contributed by atoms with Gasteiger partial charge in [0.1, 0.15) is 17.6 Å². The van der Waals surface area contributed by atoms with Gasteiger partial charge in [0, 0.05) is 11.4 Å². The predicted molar refractivity (Wildman–Crippen MR) is 105 cm³/mol. The highest BCUT2D eigenvalue weighted by Gasteiger charge is 2.23. The van der Waals surface area contributed by atoms with Crippen molar-refractivity contribution in [2.45, 2.75) is 18.1 Å². The minimum atomic E-state index is -0.259. The first-order valence-corrected chi connectivity index (χ1v) is 9.86. The van der Waals surface area contributed by atoms with Crippen molar-refractivity contribution in [3.05, 3.63) is 66.2 Å². The first-order valence-electron chi connectivity index (χ1n) is 8.88. The third kappa shape index (κ3) is 4.87. The molecule has 0 aliphatic heterocycles. The Balaban J connectivity index is 1.76. The number of quaternary nitrogens is 1. The van der Waals surface area contributed by atoms with Gasteiger partial charge in [-0.3, -0.25) is 4.57 Å². The SMILES string of the molecule is C[C@@H](c1nnc(SCCOc2ccccc2)n1-c1ccc(F)cc1)[NH+](C)C. The second kappa shape index (κ2) is 9.01. The number of rotatable bonds is 8. The van der Waals surface area contributed by atoms with Crippen LogP contribution in [0.5, 0.6) is 5.75 Å². The number of nitrogens with zero attached hydrogens (tertiary/aromatic N) is 3. The second-order valence-electron chi connectivity index (χ2n) is 6.46. The van der Waals surface area contributed by atoms with Crippen molar-refractivity contribution in [1.29, 1.82) is 0 Å². The van der Waals surface area contributed by atoms with Crippen LogP contribution in [0.3, 0.4) is 0 Å². The van der Waals surface area contributed by atoms with Crippen molar-refractivity contribution < 1.29 is 14.0 Å². The standard InChI is InChI=1S/C20H23FN4OS/c1-15(24(2)3)19-22-23-20(25(19)17-11-9-16(21)10-12-17)27-14-13-26-18-7-5-4-6-8-18/h4-12,15H,13-14H2,1-3H3/p+1/t15-/m0/s1. The van der Waals surface area contributed by atoms with Gasteiger partial charge in [-0.15, -0.1) is 10.2 Å².